The van der Waals surface area contributed by atoms with Gasteiger partial charge in [-0.15, -0.1) is 10.2 Å². The number of hydrogen-bond donors (Lipinski definition) is 1. The number of aromatic nitrogens is 4. The van der Waals surface area contributed by atoms with Crippen LogP contribution in [0.4, 0.5) is 0 Å². The van der Waals surface area contributed by atoms with Gasteiger partial charge in [0.05, 0.1) is 0 Å². The van der Waals surface area contributed by atoms with Gasteiger partial charge in [-0.25, -0.2) is 0 Å². The molecule has 1 aliphatic carbocycles. The van der Waals surface area contributed by atoms with Crippen LogP contribution < -0.4 is 5.32 Å². The van der Waals surface area contributed by atoms with E-state index in [0.29, 0.717) is 11.7 Å². The molecule has 2 aromatic rings. The molecule has 21 heavy (non-hydrogen) atoms. The zero-order chi connectivity index (χ0) is 14.8. The first-order chi connectivity index (χ1) is 10.1. The fourth-order valence-corrected chi connectivity index (χ4v) is 2.27. The Labute approximate surface area is 123 Å². The molecule has 1 atom stereocenters. The molecule has 1 amide bonds. The molecule has 0 saturated heterocycles. The molecular weight excluding hydrogens is 266 g/mol. The molecule has 0 spiro atoms. The summed E-state index contributed by atoms with van der Waals surface area (Å²) in [4.78, 5) is 13.2. The SMILES string of the molecule is Cc1ccc(-c2nnn(CC(=O)NC(C)C3CC3)n2)cc1. The van der Waals surface area contributed by atoms with Gasteiger partial charge >= 0.3 is 0 Å². The van der Waals surface area contributed by atoms with Crippen molar-refractivity contribution in [3.8, 4) is 11.4 Å². The van der Waals surface area contributed by atoms with E-state index in [4.69, 9.17) is 0 Å². The predicted molar refractivity (Wildman–Crippen MR) is 78.3 cm³/mol. The molecule has 110 valence electrons. The number of hydrogen-bond acceptors (Lipinski definition) is 4. The fraction of sp³-hybridized carbons (Fsp3) is 0.467. The maximum atomic E-state index is 11.9. The lowest BCUT2D eigenvalue weighted by Crippen LogP contribution is -2.36. The highest BCUT2D eigenvalue weighted by atomic mass is 16.2. The first kappa shape index (κ1) is 13.7. The number of nitrogens with one attached hydrogen (secondary N) is 1. The molecule has 1 saturated carbocycles. The van der Waals surface area contributed by atoms with Crippen molar-refractivity contribution in [1.82, 2.24) is 25.5 Å². The minimum absolute atomic E-state index is 0.0674. The van der Waals surface area contributed by atoms with Crippen molar-refractivity contribution >= 4 is 5.91 Å². The van der Waals surface area contributed by atoms with Gasteiger partial charge in [0.2, 0.25) is 11.7 Å². The first-order valence-electron chi connectivity index (χ1n) is 7.26. The maximum absolute atomic E-state index is 11.9. The largest absolute Gasteiger partial charge is 0.352 e. The summed E-state index contributed by atoms with van der Waals surface area (Å²) in [6.07, 6.45) is 2.42. The summed E-state index contributed by atoms with van der Waals surface area (Å²) in [6.45, 7) is 4.18. The summed E-state index contributed by atoms with van der Waals surface area (Å²) in [5, 5.41) is 15.2. The van der Waals surface area contributed by atoms with Crippen molar-refractivity contribution in [2.45, 2.75) is 39.3 Å². The number of amides is 1. The zero-order valence-corrected chi connectivity index (χ0v) is 12.3. The van der Waals surface area contributed by atoms with E-state index in [1.165, 1.54) is 23.2 Å². The van der Waals surface area contributed by atoms with Crippen LogP contribution in [0.5, 0.6) is 0 Å². The van der Waals surface area contributed by atoms with Crippen LogP contribution in [0.2, 0.25) is 0 Å². The van der Waals surface area contributed by atoms with Gasteiger partial charge in [0.25, 0.3) is 0 Å². The van der Waals surface area contributed by atoms with Gasteiger partial charge in [-0.1, -0.05) is 29.8 Å². The number of aryl methyl sites for hydroxylation is 1. The second kappa shape index (κ2) is 5.63. The van der Waals surface area contributed by atoms with Gasteiger partial charge in [-0.2, -0.15) is 4.80 Å². The van der Waals surface area contributed by atoms with Crippen LogP contribution in [0.1, 0.15) is 25.3 Å². The van der Waals surface area contributed by atoms with Gasteiger partial charge in [-0.05, 0) is 37.8 Å². The number of benzene rings is 1. The van der Waals surface area contributed by atoms with Crippen molar-refractivity contribution in [3.05, 3.63) is 29.8 Å². The molecule has 6 nitrogen and oxygen atoms in total. The number of carbonyl (C=O) groups is 1. The van der Waals surface area contributed by atoms with Crippen LogP contribution >= 0.6 is 0 Å². The minimum atomic E-state index is -0.0674. The molecule has 1 unspecified atom stereocenters. The third-order valence-corrected chi connectivity index (χ3v) is 3.77. The summed E-state index contributed by atoms with van der Waals surface area (Å²) < 4.78 is 0. The van der Waals surface area contributed by atoms with Crippen molar-refractivity contribution in [2.24, 2.45) is 5.92 Å². The van der Waals surface area contributed by atoms with Crippen molar-refractivity contribution in [2.75, 3.05) is 0 Å². The third kappa shape index (κ3) is 3.45. The molecular formula is C15H19N5O. The quantitative estimate of drug-likeness (QED) is 0.905. The Bertz CT molecular complexity index is 630. The summed E-state index contributed by atoms with van der Waals surface area (Å²) in [5.41, 5.74) is 2.08. The Hall–Kier alpha value is -2.24. The van der Waals surface area contributed by atoms with Crippen LogP contribution in [0.3, 0.4) is 0 Å². The molecule has 1 aromatic carbocycles. The average molecular weight is 285 g/mol. The van der Waals surface area contributed by atoms with Crippen LogP contribution in [0.25, 0.3) is 11.4 Å². The van der Waals surface area contributed by atoms with E-state index in [-0.39, 0.29) is 18.5 Å². The van der Waals surface area contributed by atoms with Crippen LogP contribution in [-0.4, -0.2) is 32.2 Å². The van der Waals surface area contributed by atoms with Crippen LogP contribution in [0, 0.1) is 12.8 Å². The maximum Gasteiger partial charge on any atom is 0.243 e. The lowest BCUT2D eigenvalue weighted by molar-refractivity contribution is -0.122. The van der Waals surface area contributed by atoms with Crippen molar-refractivity contribution in [1.29, 1.82) is 0 Å². The predicted octanol–water partition coefficient (Wildman–Crippen LogP) is 1.56. The van der Waals surface area contributed by atoms with E-state index >= 15 is 0 Å². The highest BCUT2D eigenvalue weighted by Gasteiger charge is 2.28. The summed E-state index contributed by atoms with van der Waals surface area (Å²) >= 11 is 0. The highest BCUT2D eigenvalue weighted by Crippen LogP contribution is 2.32. The number of rotatable bonds is 5. The Balaban J connectivity index is 1.61. The van der Waals surface area contributed by atoms with Gasteiger partial charge < -0.3 is 5.32 Å². The average Bonchev–Trinajstić information content (AvgIpc) is 3.21. The number of carbonyl (C=O) groups excluding carboxylic acids is 1. The first-order valence-corrected chi connectivity index (χ1v) is 7.26. The van der Waals surface area contributed by atoms with Crippen LogP contribution in [0.15, 0.2) is 24.3 Å². The number of tetrazole rings is 1. The molecule has 1 heterocycles. The second-order valence-corrected chi connectivity index (χ2v) is 5.70. The molecule has 0 radical (unpaired) electrons. The summed E-state index contributed by atoms with van der Waals surface area (Å²) in [5.74, 6) is 1.11. The lowest BCUT2D eigenvalue weighted by atomic mass is 10.1. The molecule has 3 rings (SSSR count). The molecule has 1 fully saturated rings. The molecule has 6 heteroatoms. The van der Waals surface area contributed by atoms with E-state index in [1.807, 2.05) is 38.1 Å². The van der Waals surface area contributed by atoms with Gasteiger partial charge in [-0.3, -0.25) is 4.79 Å². The Morgan fingerprint density at radius 2 is 2.10 bits per heavy atom. The third-order valence-electron chi connectivity index (χ3n) is 3.77. The van der Waals surface area contributed by atoms with Crippen molar-refractivity contribution in [3.63, 3.8) is 0 Å². The van der Waals surface area contributed by atoms with Gasteiger partial charge in [0.15, 0.2) is 0 Å². The molecule has 0 bridgehead atoms. The van der Waals surface area contributed by atoms with E-state index < -0.39 is 0 Å². The molecule has 1 aliphatic rings. The zero-order valence-electron chi connectivity index (χ0n) is 12.3. The van der Waals surface area contributed by atoms with E-state index in [0.717, 1.165) is 5.56 Å². The van der Waals surface area contributed by atoms with Crippen molar-refractivity contribution < 1.29 is 4.79 Å². The lowest BCUT2D eigenvalue weighted by Gasteiger charge is -2.11. The molecule has 1 N–H and O–H groups in total. The Kier molecular flexibility index (Phi) is 3.68. The fourth-order valence-electron chi connectivity index (χ4n) is 2.27. The van der Waals surface area contributed by atoms with E-state index in [1.54, 1.807) is 0 Å². The second-order valence-electron chi connectivity index (χ2n) is 5.70. The smallest absolute Gasteiger partial charge is 0.243 e. The van der Waals surface area contributed by atoms with Gasteiger partial charge in [0.1, 0.15) is 6.54 Å². The van der Waals surface area contributed by atoms with Gasteiger partial charge in [0, 0.05) is 11.6 Å². The highest BCUT2D eigenvalue weighted by molar-refractivity contribution is 5.75. The monoisotopic (exact) mass is 285 g/mol. The molecule has 0 aliphatic heterocycles. The Morgan fingerprint density at radius 3 is 2.76 bits per heavy atom. The standard InChI is InChI=1S/C15H19N5O/c1-10-3-5-13(6-4-10)15-17-19-20(18-15)9-14(21)16-11(2)12-7-8-12/h3-6,11-12H,7-9H2,1-2H3,(H,16,21). The minimum Gasteiger partial charge on any atom is -0.352 e. The summed E-state index contributed by atoms with van der Waals surface area (Å²) in [6, 6.07) is 8.13. The van der Waals surface area contributed by atoms with E-state index in [2.05, 4.69) is 20.7 Å². The van der Waals surface area contributed by atoms with E-state index in [9.17, 15) is 4.79 Å². The normalized spacial score (nSPS) is 15.7. The number of nitrogens with zero attached hydrogens (tertiary/aromatic N) is 4. The molecule has 1 aromatic heterocycles. The Morgan fingerprint density at radius 1 is 1.38 bits per heavy atom. The van der Waals surface area contributed by atoms with Crippen LogP contribution in [-0.2, 0) is 11.3 Å². The summed E-state index contributed by atoms with van der Waals surface area (Å²) in [7, 11) is 0. The topological polar surface area (TPSA) is 72.7 Å².